The lowest BCUT2D eigenvalue weighted by atomic mass is 10.0. The van der Waals surface area contributed by atoms with Gasteiger partial charge in [0.15, 0.2) is 0 Å². The van der Waals surface area contributed by atoms with Gasteiger partial charge in [-0.2, -0.15) is 5.10 Å². The smallest absolute Gasteiger partial charge is 0.124 e. The zero-order valence-corrected chi connectivity index (χ0v) is 13.2. The Bertz CT molecular complexity index is 561. The summed E-state index contributed by atoms with van der Waals surface area (Å²) >= 11 is 3.55. The zero-order chi connectivity index (χ0) is 14.0. The van der Waals surface area contributed by atoms with Crippen molar-refractivity contribution in [3.05, 3.63) is 45.7 Å². The molecule has 0 saturated carbocycles. The van der Waals surface area contributed by atoms with Crippen LogP contribution in [0.15, 0.2) is 28.9 Å². The number of benzene rings is 1. The summed E-state index contributed by atoms with van der Waals surface area (Å²) < 4.78 is 8.35. The van der Waals surface area contributed by atoms with Gasteiger partial charge in [0.1, 0.15) is 5.75 Å². The van der Waals surface area contributed by atoms with Crippen LogP contribution in [0.1, 0.15) is 22.9 Å². The highest BCUT2D eigenvalue weighted by Crippen LogP contribution is 2.33. The van der Waals surface area contributed by atoms with Crippen LogP contribution in [0.3, 0.4) is 0 Å². The highest BCUT2D eigenvalue weighted by Gasteiger charge is 2.22. The summed E-state index contributed by atoms with van der Waals surface area (Å²) in [6.07, 6.45) is 1.81. The van der Waals surface area contributed by atoms with Crippen molar-refractivity contribution in [2.45, 2.75) is 13.0 Å². The lowest BCUT2D eigenvalue weighted by Crippen LogP contribution is -2.21. The number of nitrogens with one attached hydrogen (secondary N) is 1. The van der Waals surface area contributed by atoms with Crippen LogP contribution in [0.2, 0.25) is 0 Å². The normalized spacial score (nSPS) is 12.5. The van der Waals surface area contributed by atoms with Gasteiger partial charge < -0.3 is 10.1 Å². The van der Waals surface area contributed by atoms with Crippen LogP contribution in [0.25, 0.3) is 0 Å². The molecule has 2 rings (SSSR count). The molecule has 0 amide bonds. The van der Waals surface area contributed by atoms with Crippen LogP contribution >= 0.6 is 15.9 Å². The fraction of sp³-hybridized carbons (Fsp3) is 0.357. The van der Waals surface area contributed by atoms with Crippen LogP contribution < -0.4 is 10.1 Å². The average Bonchev–Trinajstić information content (AvgIpc) is 2.73. The Hall–Kier alpha value is -1.33. The lowest BCUT2D eigenvalue weighted by Gasteiger charge is -2.20. The van der Waals surface area contributed by atoms with E-state index in [-0.39, 0.29) is 6.04 Å². The zero-order valence-electron chi connectivity index (χ0n) is 11.6. The van der Waals surface area contributed by atoms with Crippen LogP contribution in [-0.4, -0.2) is 23.9 Å². The maximum Gasteiger partial charge on any atom is 0.124 e. The van der Waals surface area contributed by atoms with Crippen molar-refractivity contribution in [2.75, 3.05) is 14.2 Å². The maximum atomic E-state index is 5.50. The van der Waals surface area contributed by atoms with Gasteiger partial charge in [-0.15, -0.1) is 0 Å². The molecule has 1 N–H and O–H groups in total. The molecule has 0 bridgehead atoms. The fourth-order valence-electron chi connectivity index (χ4n) is 2.24. The van der Waals surface area contributed by atoms with Gasteiger partial charge in [0.25, 0.3) is 0 Å². The van der Waals surface area contributed by atoms with E-state index in [0.717, 1.165) is 21.5 Å². The van der Waals surface area contributed by atoms with Gasteiger partial charge in [0, 0.05) is 12.6 Å². The summed E-state index contributed by atoms with van der Waals surface area (Å²) in [5.41, 5.74) is 3.35. The highest BCUT2D eigenvalue weighted by molar-refractivity contribution is 9.10. The van der Waals surface area contributed by atoms with E-state index in [1.54, 1.807) is 13.3 Å². The van der Waals surface area contributed by atoms with Crippen LogP contribution in [-0.2, 0) is 7.05 Å². The molecule has 4 nitrogen and oxygen atoms in total. The molecule has 1 heterocycles. The first-order valence-electron chi connectivity index (χ1n) is 6.07. The minimum Gasteiger partial charge on any atom is -0.496 e. The van der Waals surface area contributed by atoms with E-state index in [1.165, 1.54) is 5.56 Å². The van der Waals surface area contributed by atoms with Crippen LogP contribution in [0.5, 0.6) is 5.75 Å². The molecule has 0 saturated heterocycles. The number of methoxy groups -OCH3 is 1. The number of hydrogen-bond donors (Lipinski definition) is 1. The van der Waals surface area contributed by atoms with E-state index >= 15 is 0 Å². The monoisotopic (exact) mass is 323 g/mol. The molecule has 0 radical (unpaired) electrons. The van der Waals surface area contributed by atoms with Crippen molar-refractivity contribution < 1.29 is 4.74 Å². The van der Waals surface area contributed by atoms with Gasteiger partial charge >= 0.3 is 0 Å². The first kappa shape index (κ1) is 14.1. The molecular weight excluding hydrogens is 306 g/mol. The minimum atomic E-state index is 0.0254. The number of aromatic nitrogens is 2. The van der Waals surface area contributed by atoms with Crippen molar-refractivity contribution in [1.29, 1.82) is 0 Å². The van der Waals surface area contributed by atoms with E-state index in [2.05, 4.69) is 45.4 Å². The molecule has 0 fully saturated rings. The topological polar surface area (TPSA) is 39.1 Å². The molecule has 19 heavy (non-hydrogen) atoms. The molecule has 1 aromatic carbocycles. The molecule has 0 aliphatic carbocycles. The molecular formula is C14H18BrN3O. The first-order chi connectivity index (χ1) is 9.08. The molecule has 1 aromatic heterocycles. The Balaban J connectivity index is 2.54. The Kier molecular flexibility index (Phi) is 4.27. The lowest BCUT2D eigenvalue weighted by molar-refractivity contribution is 0.403. The predicted octanol–water partition coefficient (Wildman–Crippen LogP) is 2.81. The molecule has 1 unspecified atom stereocenters. The summed E-state index contributed by atoms with van der Waals surface area (Å²) in [5, 5.41) is 7.60. The molecule has 2 aromatic rings. The summed E-state index contributed by atoms with van der Waals surface area (Å²) in [6, 6.07) is 6.25. The van der Waals surface area contributed by atoms with Gasteiger partial charge in [-0.3, -0.25) is 4.68 Å². The van der Waals surface area contributed by atoms with E-state index in [9.17, 15) is 0 Å². The SMILES string of the molecule is CNC(c1ccc(C)cc1OC)c1c(Br)cnn1C. The summed E-state index contributed by atoms with van der Waals surface area (Å²) in [6.45, 7) is 2.06. The van der Waals surface area contributed by atoms with Crippen LogP contribution in [0.4, 0.5) is 0 Å². The summed E-state index contributed by atoms with van der Waals surface area (Å²) in [4.78, 5) is 0. The second kappa shape index (κ2) is 5.75. The number of halogens is 1. The van der Waals surface area contributed by atoms with E-state index in [4.69, 9.17) is 4.74 Å². The third-order valence-electron chi connectivity index (χ3n) is 3.20. The van der Waals surface area contributed by atoms with Crippen molar-refractivity contribution >= 4 is 15.9 Å². The number of aryl methyl sites for hydroxylation is 2. The third kappa shape index (κ3) is 2.67. The summed E-state index contributed by atoms with van der Waals surface area (Å²) in [5.74, 6) is 0.882. The van der Waals surface area contributed by atoms with Gasteiger partial charge in [0.05, 0.1) is 29.5 Å². The van der Waals surface area contributed by atoms with Gasteiger partial charge in [-0.05, 0) is 41.5 Å². The molecule has 1 atom stereocenters. The third-order valence-corrected chi connectivity index (χ3v) is 3.81. The fourth-order valence-corrected chi connectivity index (χ4v) is 2.82. The molecule has 5 heteroatoms. The first-order valence-corrected chi connectivity index (χ1v) is 6.87. The second-order valence-electron chi connectivity index (χ2n) is 4.47. The standard InChI is InChI=1S/C14H18BrN3O/c1-9-5-6-10(12(7-9)19-4)13(16-2)14-11(15)8-17-18(14)3/h5-8,13,16H,1-4H3. The largest absolute Gasteiger partial charge is 0.496 e. The Morgan fingerprint density at radius 3 is 2.68 bits per heavy atom. The van der Waals surface area contributed by atoms with Crippen molar-refractivity contribution in [2.24, 2.45) is 7.05 Å². The second-order valence-corrected chi connectivity index (χ2v) is 5.32. The van der Waals surface area contributed by atoms with Crippen molar-refractivity contribution in [3.8, 4) is 5.75 Å². The van der Waals surface area contributed by atoms with Crippen LogP contribution in [0, 0.1) is 6.92 Å². The maximum absolute atomic E-state index is 5.50. The summed E-state index contributed by atoms with van der Waals surface area (Å²) in [7, 11) is 5.57. The quantitative estimate of drug-likeness (QED) is 0.940. The number of ether oxygens (including phenoxy) is 1. The van der Waals surface area contributed by atoms with E-state index in [1.807, 2.05) is 24.8 Å². The Morgan fingerprint density at radius 1 is 1.42 bits per heavy atom. The molecule has 0 aliphatic heterocycles. The van der Waals surface area contributed by atoms with Crippen molar-refractivity contribution in [3.63, 3.8) is 0 Å². The van der Waals surface area contributed by atoms with Gasteiger partial charge in [0.2, 0.25) is 0 Å². The Morgan fingerprint density at radius 2 is 2.16 bits per heavy atom. The van der Waals surface area contributed by atoms with Gasteiger partial charge in [-0.1, -0.05) is 12.1 Å². The van der Waals surface area contributed by atoms with E-state index < -0.39 is 0 Å². The molecule has 0 aliphatic rings. The number of nitrogens with zero attached hydrogens (tertiary/aromatic N) is 2. The highest BCUT2D eigenvalue weighted by atomic mass is 79.9. The minimum absolute atomic E-state index is 0.0254. The van der Waals surface area contributed by atoms with Crippen molar-refractivity contribution in [1.82, 2.24) is 15.1 Å². The number of rotatable bonds is 4. The molecule has 102 valence electrons. The number of hydrogen-bond acceptors (Lipinski definition) is 3. The predicted molar refractivity (Wildman–Crippen MR) is 79.5 cm³/mol. The Labute approximate surface area is 121 Å². The molecule has 0 spiro atoms. The average molecular weight is 324 g/mol. The van der Waals surface area contributed by atoms with E-state index in [0.29, 0.717) is 0 Å². The van der Waals surface area contributed by atoms with Gasteiger partial charge in [-0.25, -0.2) is 0 Å².